The van der Waals surface area contributed by atoms with Crippen LogP contribution in [-0.4, -0.2) is 36.5 Å². The average molecular weight is 327 g/mol. The molecule has 5 heteroatoms. The van der Waals surface area contributed by atoms with E-state index in [2.05, 4.69) is 46.7 Å². The number of hydrogen-bond donors (Lipinski definition) is 2. The summed E-state index contributed by atoms with van der Waals surface area (Å²) in [5.74, 6) is 0.834. The summed E-state index contributed by atoms with van der Waals surface area (Å²) in [6, 6.07) is 12.7. The average Bonchev–Trinajstić information content (AvgIpc) is 3.10. The van der Waals surface area contributed by atoms with Gasteiger partial charge in [-0.2, -0.15) is 0 Å². The van der Waals surface area contributed by atoms with Gasteiger partial charge in [0, 0.05) is 24.8 Å². The lowest BCUT2D eigenvalue weighted by Gasteiger charge is -2.32. The highest BCUT2D eigenvalue weighted by atomic mass is 16.3. The zero-order valence-corrected chi connectivity index (χ0v) is 14.1. The predicted molar refractivity (Wildman–Crippen MR) is 94.8 cm³/mol. The first-order chi connectivity index (χ1) is 11.7. The van der Waals surface area contributed by atoms with Crippen LogP contribution >= 0.6 is 0 Å². The minimum Gasteiger partial charge on any atom is -0.467 e. The summed E-state index contributed by atoms with van der Waals surface area (Å²) in [6.07, 6.45) is 3.73. The van der Waals surface area contributed by atoms with E-state index in [1.54, 1.807) is 6.26 Å². The van der Waals surface area contributed by atoms with Gasteiger partial charge in [-0.05, 0) is 44.0 Å². The zero-order chi connectivity index (χ0) is 16.8. The monoisotopic (exact) mass is 327 g/mol. The third-order valence-electron chi connectivity index (χ3n) is 4.42. The van der Waals surface area contributed by atoms with Crippen LogP contribution in [0.2, 0.25) is 0 Å². The molecule has 0 bridgehead atoms. The van der Waals surface area contributed by atoms with Gasteiger partial charge in [-0.15, -0.1) is 0 Å². The summed E-state index contributed by atoms with van der Waals surface area (Å²) in [4.78, 5) is 14.2. The Morgan fingerprint density at radius 1 is 1.21 bits per heavy atom. The van der Waals surface area contributed by atoms with Gasteiger partial charge >= 0.3 is 0 Å². The Balaban J connectivity index is 1.37. The van der Waals surface area contributed by atoms with Crippen LogP contribution in [0.1, 0.15) is 24.2 Å². The minimum absolute atomic E-state index is 0.0522. The first-order valence-corrected chi connectivity index (χ1v) is 8.54. The molecule has 0 saturated carbocycles. The number of anilines is 1. The molecule has 1 amide bonds. The number of furan rings is 1. The van der Waals surface area contributed by atoms with Gasteiger partial charge in [0.25, 0.3) is 0 Å². The van der Waals surface area contributed by atoms with Crippen molar-refractivity contribution in [3.8, 4) is 0 Å². The van der Waals surface area contributed by atoms with Crippen molar-refractivity contribution in [3.05, 3.63) is 54.0 Å². The number of piperidine rings is 1. The summed E-state index contributed by atoms with van der Waals surface area (Å²) >= 11 is 0. The standard InChI is InChI=1S/C19H25N3O2/c1-15-4-6-16(7-5-15)21-17-8-10-22(11-9-17)14-19(23)20-13-18-3-2-12-24-18/h2-7,12,17,21H,8-11,13-14H2,1H3,(H,20,23). The normalized spacial score (nSPS) is 16.0. The summed E-state index contributed by atoms with van der Waals surface area (Å²) in [5, 5.41) is 6.48. The number of benzene rings is 1. The third kappa shape index (κ3) is 4.86. The topological polar surface area (TPSA) is 57.5 Å². The number of hydrogen-bond acceptors (Lipinski definition) is 4. The predicted octanol–water partition coefficient (Wildman–Crippen LogP) is 2.78. The van der Waals surface area contributed by atoms with Gasteiger partial charge in [-0.3, -0.25) is 9.69 Å². The molecule has 128 valence electrons. The van der Waals surface area contributed by atoms with E-state index in [1.165, 1.54) is 11.3 Å². The molecule has 5 nitrogen and oxygen atoms in total. The van der Waals surface area contributed by atoms with Gasteiger partial charge in [0.2, 0.25) is 5.91 Å². The van der Waals surface area contributed by atoms with Crippen molar-refractivity contribution in [2.75, 3.05) is 25.0 Å². The van der Waals surface area contributed by atoms with Crippen LogP contribution in [-0.2, 0) is 11.3 Å². The number of aryl methyl sites for hydroxylation is 1. The molecular formula is C19H25N3O2. The number of carbonyl (C=O) groups excluding carboxylic acids is 1. The fourth-order valence-electron chi connectivity index (χ4n) is 2.98. The largest absolute Gasteiger partial charge is 0.467 e. The van der Waals surface area contributed by atoms with Crippen molar-refractivity contribution < 1.29 is 9.21 Å². The number of nitrogens with zero attached hydrogens (tertiary/aromatic N) is 1. The molecule has 3 rings (SSSR count). The maximum Gasteiger partial charge on any atom is 0.234 e. The van der Waals surface area contributed by atoms with E-state index in [0.29, 0.717) is 19.1 Å². The number of carbonyl (C=O) groups is 1. The number of rotatable bonds is 6. The van der Waals surface area contributed by atoms with E-state index in [0.717, 1.165) is 31.7 Å². The van der Waals surface area contributed by atoms with Crippen LogP contribution in [0.25, 0.3) is 0 Å². The first-order valence-electron chi connectivity index (χ1n) is 8.54. The zero-order valence-electron chi connectivity index (χ0n) is 14.1. The van der Waals surface area contributed by atoms with E-state index in [9.17, 15) is 4.79 Å². The maximum absolute atomic E-state index is 12.0. The molecule has 2 aromatic rings. The van der Waals surface area contributed by atoms with Gasteiger partial charge in [0.1, 0.15) is 5.76 Å². The lowest BCUT2D eigenvalue weighted by atomic mass is 10.0. The molecule has 2 N–H and O–H groups in total. The van der Waals surface area contributed by atoms with E-state index >= 15 is 0 Å². The van der Waals surface area contributed by atoms with Crippen LogP contribution < -0.4 is 10.6 Å². The van der Waals surface area contributed by atoms with Crippen LogP contribution in [0.15, 0.2) is 47.1 Å². The molecule has 1 aromatic heterocycles. The molecule has 1 aromatic carbocycles. The van der Waals surface area contributed by atoms with Crippen molar-refractivity contribution in [2.24, 2.45) is 0 Å². The van der Waals surface area contributed by atoms with Crippen molar-refractivity contribution in [1.82, 2.24) is 10.2 Å². The molecule has 0 spiro atoms. The molecule has 0 aliphatic carbocycles. The second-order valence-electron chi connectivity index (χ2n) is 6.42. The van der Waals surface area contributed by atoms with Crippen molar-refractivity contribution in [2.45, 2.75) is 32.4 Å². The molecule has 24 heavy (non-hydrogen) atoms. The van der Waals surface area contributed by atoms with Crippen molar-refractivity contribution in [1.29, 1.82) is 0 Å². The van der Waals surface area contributed by atoms with Gasteiger partial charge in [0.05, 0.1) is 19.4 Å². The second-order valence-corrected chi connectivity index (χ2v) is 6.42. The van der Waals surface area contributed by atoms with Gasteiger partial charge in [-0.1, -0.05) is 17.7 Å². The highest BCUT2D eigenvalue weighted by Gasteiger charge is 2.20. The molecular weight excluding hydrogens is 302 g/mol. The molecule has 1 aliphatic heterocycles. The molecule has 0 atom stereocenters. The molecule has 1 saturated heterocycles. The fraction of sp³-hybridized carbons (Fsp3) is 0.421. The summed E-state index contributed by atoms with van der Waals surface area (Å²) in [5.41, 5.74) is 2.45. The summed E-state index contributed by atoms with van der Waals surface area (Å²) in [7, 11) is 0. The summed E-state index contributed by atoms with van der Waals surface area (Å²) < 4.78 is 5.22. The highest BCUT2D eigenvalue weighted by Crippen LogP contribution is 2.17. The number of likely N-dealkylation sites (tertiary alicyclic amines) is 1. The number of amides is 1. The van der Waals surface area contributed by atoms with Gasteiger partial charge < -0.3 is 15.1 Å². The van der Waals surface area contributed by atoms with E-state index in [4.69, 9.17) is 4.42 Å². The van der Waals surface area contributed by atoms with Crippen LogP contribution in [0.5, 0.6) is 0 Å². The molecule has 0 unspecified atom stereocenters. The Morgan fingerprint density at radius 2 is 1.96 bits per heavy atom. The highest BCUT2D eigenvalue weighted by molar-refractivity contribution is 5.77. The second kappa shape index (κ2) is 8.02. The Bertz CT molecular complexity index is 629. The van der Waals surface area contributed by atoms with E-state index in [1.807, 2.05) is 12.1 Å². The van der Waals surface area contributed by atoms with Gasteiger partial charge in [0.15, 0.2) is 0 Å². The lowest BCUT2D eigenvalue weighted by molar-refractivity contribution is -0.122. The Labute approximate surface area is 143 Å². The Morgan fingerprint density at radius 3 is 2.62 bits per heavy atom. The van der Waals surface area contributed by atoms with E-state index in [-0.39, 0.29) is 5.91 Å². The van der Waals surface area contributed by atoms with Crippen LogP contribution in [0, 0.1) is 6.92 Å². The minimum atomic E-state index is 0.0522. The summed E-state index contributed by atoms with van der Waals surface area (Å²) in [6.45, 7) is 4.89. The first kappa shape index (κ1) is 16.6. The van der Waals surface area contributed by atoms with E-state index < -0.39 is 0 Å². The quantitative estimate of drug-likeness (QED) is 0.856. The van der Waals surface area contributed by atoms with Gasteiger partial charge in [-0.25, -0.2) is 0 Å². The molecule has 1 aliphatic rings. The van der Waals surface area contributed by atoms with Crippen molar-refractivity contribution >= 4 is 11.6 Å². The Kier molecular flexibility index (Phi) is 5.54. The molecule has 2 heterocycles. The fourth-order valence-corrected chi connectivity index (χ4v) is 2.98. The number of nitrogens with one attached hydrogen (secondary N) is 2. The smallest absolute Gasteiger partial charge is 0.234 e. The maximum atomic E-state index is 12.0. The molecule has 1 fully saturated rings. The van der Waals surface area contributed by atoms with Crippen molar-refractivity contribution in [3.63, 3.8) is 0 Å². The van der Waals surface area contributed by atoms with Crippen LogP contribution in [0.4, 0.5) is 5.69 Å². The van der Waals surface area contributed by atoms with Crippen LogP contribution in [0.3, 0.4) is 0 Å². The lowest BCUT2D eigenvalue weighted by Crippen LogP contribution is -2.44. The SMILES string of the molecule is Cc1ccc(NC2CCN(CC(=O)NCc3ccco3)CC2)cc1. The Hall–Kier alpha value is -2.27. The molecule has 0 radical (unpaired) electrons. The third-order valence-corrected chi connectivity index (χ3v) is 4.42.